The number of hydrogen-bond acceptors (Lipinski definition) is 6. The van der Waals surface area contributed by atoms with Crippen LogP contribution in [0.4, 0.5) is 0 Å². The molecule has 138 valence electrons. The second-order valence-electron chi connectivity index (χ2n) is 5.95. The topological polar surface area (TPSA) is 93.8 Å². The molecule has 1 aromatic heterocycles. The normalized spacial score (nSPS) is 13.1. The maximum atomic E-state index is 12.7. The zero-order valence-corrected chi connectivity index (χ0v) is 15.0. The third-order valence-corrected chi connectivity index (χ3v) is 4.47. The van der Waals surface area contributed by atoms with E-state index in [9.17, 15) is 9.59 Å². The van der Waals surface area contributed by atoms with Gasteiger partial charge in [-0.15, -0.1) is 0 Å². The first-order chi connectivity index (χ1) is 12.6. The molecule has 1 N–H and O–H groups in total. The summed E-state index contributed by atoms with van der Waals surface area (Å²) < 4.78 is 15.2. The number of nitrogens with one attached hydrogen (secondary N) is 1. The molecule has 0 saturated heterocycles. The number of benzene rings is 1. The first-order valence-electron chi connectivity index (χ1n) is 8.20. The average molecular weight is 359 g/mol. The second-order valence-corrected chi connectivity index (χ2v) is 5.95. The lowest BCUT2D eigenvalue weighted by molar-refractivity contribution is -0.131. The first-order valence-corrected chi connectivity index (χ1v) is 8.20. The average Bonchev–Trinajstić information content (AvgIpc) is 3.10. The number of ether oxygens (including phenoxy) is 3. The third-order valence-electron chi connectivity index (χ3n) is 4.47. The Balaban J connectivity index is 1.70. The molecule has 2 heterocycles. The molecule has 0 atom stereocenters. The highest BCUT2D eigenvalue weighted by atomic mass is 16.5. The Hall–Kier alpha value is -3.03. The van der Waals surface area contributed by atoms with Crippen molar-refractivity contribution in [3.05, 3.63) is 40.7 Å². The molecule has 1 aliphatic rings. The van der Waals surface area contributed by atoms with Gasteiger partial charge in [-0.05, 0) is 24.1 Å². The van der Waals surface area contributed by atoms with Gasteiger partial charge in [0.05, 0.1) is 40.0 Å². The van der Waals surface area contributed by atoms with Gasteiger partial charge < -0.3 is 19.1 Å². The number of amides is 1. The molecule has 0 unspecified atom stereocenters. The van der Waals surface area contributed by atoms with Crippen molar-refractivity contribution >= 4 is 11.9 Å². The van der Waals surface area contributed by atoms with Crippen LogP contribution in [-0.2, 0) is 28.9 Å². The Morgan fingerprint density at radius 3 is 2.65 bits per heavy atom. The Bertz CT molecular complexity index is 830. The van der Waals surface area contributed by atoms with Gasteiger partial charge in [0.2, 0.25) is 5.91 Å². The first kappa shape index (κ1) is 17.8. The molecule has 0 radical (unpaired) electrons. The molecule has 8 nitrogen and oxygen atoms in total. The number of H-pyrrole nitrogens is 1. The SMILES string of the molecule is COC(=O)c1n[nH]c2c1CCN(C(=O)Cc1ccc(OC)c(OC)c1)C2. The number of aromatic amines is 1. The van der Waals surface area contributed by atoms with Gasteiger partial charge in [0.15, 0.2) is 17.2 Å². The van der Waals surface area contributed by atoms with Crippen LogP contribution in [0, 0.1) is 0 Å². The fraction of sp³-hybridized carbons (Fsp3) is 0.389. The number of carbonyl (C=O) groups is 2. The minimum absolute atomic E-state index is 0.00270. The monoisotopic (exact) mass is 359 g/mol. The van der Waals surface area contributed by atoms with Crippen LogP contribution in [0.5, 0.6) is 11.5 Å². The molecule has 1 amide bonds. The predicted octanol–water partition coefficient (Wildman–Crippen LogP) is 1.34. The van der Waals surface area contributed by atoms with Crippen LogP contribution in [0.1, 0.15) is 27.3 Å². The van der Waals surface area contributed by atoms with Crippen LogP contribution in [0.25, 0.3) is 0 Å². The fourth-order valence-electron chi connectivity index (χ4n) is 3.07. The molecular formula is C18H21N3O5. The van der Waals surface area contributed by atoms with Gasteiger partial charge in [0, 0.05) is 12.1 Å². The van der Waals surface area contributed by atoms with Crippen molar-refractivity contribution in [3.63, 3.8) is 0 Å². The number of aromatic nitrogens is 2. The summed E-state index contributed by atoms with van der Waals surface area (Å²) in [5.74, 6) is 0.749. The second kappa shape index (κ2) is 7.47. The molecule has 1 aliphatic heterocycles. The highest BCUT2D eigenvalue weighted by molar-refractivity contribution is 5.89. The Morgan fingerprint density at radius 2 is 1.96 bits per heavy atom. The molecule has 0 saturated carbocycles. The summed E-state index contributed by atoms with van der Waals surface area (Å²) in [6, 6.07) is 5.44. The predicted molar refractivity (Wildman–Crippen MR) is 92.3 cm³/mol. The van der Waals surface area contributed by atoms with Gasteiger partial charge in [0.25, 0.3) is 0 Å². The summed E-state index contributed by atoms with van der Waals surface area (Å²) in [5, 5.41) is 6.86. The van der Waals surface area contributed by atoms with Gasteiger partial charge in [-0.25, -0.2) is 4.79 Å². The standard InChI is InChI=1S/C18H21N3O5/c1-24-14-5-4-11(8-15(14)25-2)9-16(22)21-7-6-12-13(10-21)19-20-17(12)18(23)26-3/h4-5,8H,6-7,9-10H2,1-3H3,(H,19,20). The van der Waals surface area contributed by atoms with E-state index in [1.165, 1.54) is 7.11 Å². The number of methoxy groups -OCH3 is 3. The zero-order chi connectivity index (χ0) is 18.7. The highest BCUT2D eigenvalue weighted by Crippen LogP contribution is 2.28. The molecule has 8 heteroatoms. The van der Waals surface area contributed by atoms with Crippen molar-refractivity contribution in [2.45, 2.75) is 19.4 Å². The molecule has 2 aromatic rings. The highest BCUT2D eigenvalue weighted by Gasteiger charge is 2.27. The van der Waals surface area contributed by atoms with Crippen molar-refractivity contribution in [2.24, 2.45) is 0 Å². The number of esters is 1. The summed E-state index contributed by atoms with van der Waals surface area (Å²) >= 11 is 0. The Labute approximate surface area is 151 Å². The minimum Gasteiger partial charge on any atom is -0.493 e. The summed E-state index contributed by atoms with van der Waals surface area (Å²) in [4.78, 5) is 26.1. The molecule has 0 aliphatic carbocycles. The number of carbonyl (C=O) groups excluding carboxylic acids is 2. The van der Waals surface area contributed by atoms with E-state index in [2.05, 4.69) is 10.2 Å². The zero-order valence-electron chi connectivity index (χ0n) is 15.0. The largest absolute Gasteiger partial charge is 0.493 e. The lowest BCUT2D eigenvalue weighted by Crippen LogP contribution is -2.37. The number of rotatable bonds is 5. The van der Waals surface area contributed by atoms with Gasteiger partial charge in [-0.1, -0.05) is 6.07 Å². The maximum absolute atomic E-state index is 12.7. The fourth-order valence-corrected chi connectivity index (χ4v) is 3.07. The van der Waals surface area contributed by atoms with E-state index in [-0.39, 0.29) is 12.3 Å². The summed E-state index contributed by atoms with van der Waals surface area (Å²) in [5.41, 5.74) is 2.75. The molecule has 3 rings (SSSR count). The van der Waals surface area contributed by atoms with E-state index >= 15 is 0 Å². The summed E-state index contributed by atoms with van der Waals surface area (Å²) in [6.07, 6.45) is 0.821. The van der Waals surface area contributed by atoms with E-state index in [4.69, 9.17) is 14.2 Å². The van der Waals surface area contributed by atoms with Crippen LogP contribution >= 0.6 is 0 Å². The van der Waals surface area contributed by atoms with Crippen LogP contribution in [0.15, 0.2) is 18.2 Å². The molecule has 1 aromatic carbocycles. The van der Waals surface area contributed by atoms with Gasteiger partial charge in [-0.2, -0.15) is 5.10 Å². The van der Waals surface area contributed by atoms with Crippen molar-refractivity contribution < 1.29 is 23.8 Å². The van der Waals surface area contributed by atoms with Gasteiger partial charge in [-0.3, -0.25) is 9.89 Å². The van der Waals surface area contributed by atoms with E-state index in [0.717, 1.165) is 16.8 Å². The smallest absolute Gasteiger partial charge is 0.358 e. The van der Waals surface area contributed by atoms with Gasteiger partial charge in [0.1, 0.15) is 0 Å². The Kier molecular flexibility index (Phi) is 5.11. The van der Waals surface area contributed by atoms with Gasteiger partial charge >= 0.3 is 5.97 Å². The van der Waals surface area contributed by atoms with Crippen LogP contribution in [0.3, 0.4) is 0 Å². The number of hydrogen-bond donors (Lipinski definition) is 1. The van der Waals surface area contributed by atoms with E-state index in [0.29, 0.717) is 36.7 Å². The number of nitrogens with zero attached hydrogens (tertiary/aromatic N) is 2. The molecule has 0 spiro atoms. The summed E-state index contributed by atoms with van der Waals surface area (Å²) in [7, 11) is 4.46. The lowest BCUT2D eigenvalue weighted by atomic mass is 10.0. The lowest BCUT2D eigenvalue weighted by Gasteiger charge is -2.27. The van der Waals surface area contributed by atoms with Crippen molar-refractivity contribution in [3.8, 4) is 11.5 Å². The van der Waals surface area contributed by atoms with E-state index < -0.39 is 5.97 Å². The third kappa shape index (κ3) is 3.35. The molecule has 26 heavy (non-hydrogen) atoms. The van der Waals surface area contributed by atoms with Crippen molar-refractivity contribution in [2.75, 3.05) is 27.9 Å². The minimum atomic E-state index is -0.465. The van der Waals surface area contributed by atoms with Crippen molar-refractivity contribution in [1.82, 2.24) is 15.1 Å². The molecular weight excluding hydrogens is 338 g/mol. The van der Waals surface area contributed by atoms with E-state index in [1.807, 2.05) is 6.07 Å². The van der Waals surface area contributed by atoms with E-state index in [1.54, 1.807) is 31.3 Å². The van der Waals surface area contributed by atoms with Crippen LogP contribution in [-0.4, -0.2) is 54.8 Å². The quantitative estimate of drug-likeness (QED) is 0.810. The molecule has 0 fully saturated rings. The number of fused-ring (bicyclic) bond motifs is 1. The maximum Gasteiger partial charge on any atom is 0.358 e. The summed E-state index contributed by atoms with van der Waals surface area (Å²) in [6.45, 7) is 0.925. The van der Waals surface area contributed by atoms with Crippen LogP contribution < -0.4 is 9.47 Å². The van der Waals surface area contributed by atoms with Crippen LogP contribution in [0.2, 0.25) is 0 Å². The van der Waals surface area contributed by atoms with Crippen molar-refractivity contribution in [1.29, 1.82) is 0 Å². The molecule has 0 bridgehead atoms. The Morgan fingerprint density at radius 1 is 1.19 bits per heavy atom.